The van der Waals surface area contributed by atoms with Gasteiger partial charge < -0.3 is 14.2 Å². The van der Waals surface area contributed by atoms with Gasteiger partial charge in [0.2, 0.25) is 0 Å². The summed E-state index contributed by atoms with van der Waals surface area (Å²) < 4.78 is 16.9. The number of esters is 3. The number of hydrogen-bond acceptors (Lipinski definition) is 10. The minimum absolute atomic E-state index is 0.000301. The number of benzene rings is 5. The number of nitro groups is 2. The van der Waals surface area contributed by atoms with Crippen molar-refractivity contribution in [3.63, 3.8) is 0 Å². The highest BCUT2D eigenvalue weighted by Crippen LogP contribution is 2.47. The van der Waals surface area contributed by atoms with Crippen LogP contribution in [-0.4, -0.2) is 27.8 Å². The van der Waals surface area contributed by atoms with Crippen LogP contribution in [0.5, 0.6) is 11.5 Å². The first-order chi connectivity index (χ1) is 22.2. The molecule has 226 valence electrons. The molecule has 1 aliphatic rings. The second-order valence-corrected chi connectivity index (χ2v) is 10.1. The third-order valence-electron chi connectivity index (χ3n) is 7.30. The molecule has 0 amide bonds. The Balaban J connectivity index is 1.30. The molecule has 0 atom stereocenters. The molecule has 0 saturated carbocycles. The van der Waals surface area contributed by atoms with E-state index in [1.165, 1.54) is 60.7 Å². The molecule has 6 rings (SSSR count). The number of fused-ring (bicyclic) bond motifs is 1. The first-order valence-corrected chi connectivity index (χ1v) is 13.6. The Kier molecular flexibility index (Phi) is 7.52. The molecular weight excluding hydrogens is 596 g/mol. The van der Waals surface area contributed by atoms with Crippen LogP contribution in [0.2, 0.25) is 0 Å². The first kappa shape index (κ1) is 29.4. The fourth-order valence-electron chi connectivity index (χ4n) is 5.15. The largest absolute Gasteiger partial charge is 0.441 e. The van der Waals surface area contributed by atoms with Gasteiger partial charge >= 0.3 is 17.9 Å². The summed E-state index contributed by atoms with van der Waals surface area (Å²) in [7, 11) is 0. The maximum absolute atomic E-state index is 13.1. The molecule has 12 nitrogen and oxygen atoms in total. The highest BCUT2D eigenvalue weighted by atomic mass is 16.6. The predicted octanol–water partition coefficient (Wildman–Crippen LogP) is 6.40. The lowest BCUT2D eigenvalue weighted by atomic mass is 9.80. The zero-order chi connectivity index (χ0) is 32.4. The summed E-state index contributed by atoms with van der Waals surface area (Å²) in [6, 6.07) is 29.7. The van der Waals surface area contributed by atoms with Gasteiger partial charge in [0.05, 0.1) is 26.5 Å². The van der Waals surface area contributed by atoms with Gasteiger partial charge in [-0.05, 0) is 42.5 Å². The van der Waals surface area contributed by atoms with E-state index in [-0.39, 0.29) is 34.0 Å². The second kappa shape index (κ2) is 11.8. The van der Waals surface area contributed by atoms with Crippen LogP contribution in [0.3, 0.4) is 0 Å². The van der Waals surface area contributed by atoms with Gasteiger partial charge in [-0.15, -0.1) is 0 Å². The lowest BCUT2D eigenvalue weighted by Gasteiger charge is -2.30. The van der Waals surface area contributed by atoms with Gasteiger partial charge in [-0.1, -0.05) is 54.6 Å². The van der Waals surface area contributed by atoms with Crippen LogP contribution in [0.1, 0.15) is 47.8 Å². The number of nitro benzene ring substituents is 2. The van der Waals surface area contributed by atoms with Crippen LogP contribution in [-0.2, 0) is 10.3 Å². The monoisotopic (exact) mass is 616 g/mol. The molecule has 5 aromatic carbocycles. The maximum atomic E-state index is 13.1. The number of carbonyl (C=O) groups excluding carboxylic acids is 3. The van der Waals surface area contributed by atoms with E-state index in [0.29, 0.717) is 22.3 Å². The van der Waals surface area contributed by atoms with Crippen LogP contribution in [0.15, 0.2) is 121 Å². The molecule has 46 heavy (non-hydrogen) atoms. The van der Waals surface area contributed by atoms with Gasteiger partial charge in [-0.3, -0.25) is 20.2 Å². The zero-order valence-electron chi connectivity index (χ0n) is 23.5. The SMILES string of the molecule is O=C(Oc1ccc(C2(c3ccc(OC(=O)c4cccc([N+](=O)[O-])c4)cc3)OC(=O)c3ccccc32)cc1)c1cccc([N+](=O)[O-])c1. The van der Waals surface area contributed by atoms with E-state index in [2.05, 4.69) is 0 Å². The third kappa shape index (κ3) is 5.42. The van der Waals surface area contributed by atoms with Gasteiger partial charge in [-0.2, -0.15) is 0 Å². The number of carbonyl (C=O) groups is 3. The fraction of sp³-hybridized carbons (Fsp3) is 0.0294. The molecule has 1 aliphatic heterocycles. The van der Waals surface area contributed by atoms with Crippen molar-refractivity contribution in [2.45, 2.75) is 5.60 Å². The molecule has 0 fully saturated rings. The Labute approximate surface area is 259 Å². The minimum atomic E-state index is -1.42. The van der Waals surface area contributed by atoms with E-state index in [1.807, 2.05) is 0 Å². The van der Waals surface area contributed by atoms with Gasteiger partial charge in [-0.25, -0.2) is 14.4 Å². The summed E-state index contributed by atoms with van der Waals surface area (Å²) in [5.41, 5.74) is 0.0202. The van der Waals surface area contributed by atoms with Crippen molar-refractivity contribution in [1.82, 2.24) is 0 Å². The Morgan fingerprint density at radius 1 is 0.609 bits per heavy atom. The number of cyclic esters (lactones) is 1. The van der Waals surface area contributed by atoms with Crippen LogP contribution in [0.25, 0.3) is 0 Å². The van der Waals surface area contributed by atoms with Crippen LogP contribution in [0.4, 0.5) is 11.4 Å². The van der Waals surface area contributed by atoms with Crippen molar-refractivity contribution in [3.05, 3.63) is 175 Å². The average Bonchev–Trinajstić information content (AvgIpc) is 3.38. The van der Waals surface area contributed by atoms with E-state index >= 15 is 0 Å². The van der Waals surface area contributed by atoms with Gasteiger partial charge in [0.1, 0.15) is 11.5 Å². The highest BCUT2D eigenvalue weighted by Gasteiger charge is 2.48. The lowest BCUT2D eigenvalue weighted by Crippen LogP contribution is -2.29. The topological polar surface area (TPSA) is 165 Å². The van der Waals surface area contributed by atoms with Crippen LogP contribution in [0, 0.1) is 20.2 Å². The molecule has 0 saturated heterocycles. The van der Waals surface area contributed by atoms with Crippen molar-refractivity contribution >= 4 is 29.3 Å². The highest BCUT2D eigenvalue weighted by molar-refractivity contribution is 5.96. The molecule has 1 heterocycles. The molecule has 0 N–H and O–H groups in total. The molecule has 0 aromatic heterocycles. The second-order valence-electron chi connectivity index (χ2n) is 10.1. The van der Waals surface area contributed by atoms with E-state index in [4.69, 9.17) is 14.2 Å². The summed E-state index contributed by atoms with van der Waals surface area (Å²) in [5, 5.41) is 22.2. The quantitative estimate of drug-likeness (QED) is 0.0823. The van der Waals surface area contributed by atoms with E-state index in [0.717, 1.165) is 12.1 Å². The summed E-state index contributed by atoms with van der Waals surface area (Å²) in [6.45, 7) is 0. The summed E-state index contributed by atoms with van der Waals surface area (Å²) in [5.74, 6) is -1.84. The normalized spacial score (nSPS) is 12.8. The molecule has 0 unspecified atom stereocenters. The number of ether oxygens (including phenoxy) is 3. The Bertz CT molecular complexity index is 1920. The fourth-order valence-corrected chi connectivity index (χ4v) is 5.15. The molecular formula is C34H20N2O10. The first-order valence-electron chi connectivity index (χ1n) is 13.6. The van der Waals surface area contributed by atoms with Crippen LogP contribution < -0.4 is 9.47 Å². The number of hydrogen-bond donors (Lipinski definition) is 0. The van der Waals surface area contributed by atoms with Crippen LogP contribution >= 0.6 is 0 Å². The third-order valence-corrected chi connectivity index (χ3v) is 7.30. The van der Waals surface area contributed by atoms with Gasteiger partial charge in [0.25, 0.3) is 11.4 Å². The predicted molar refractivity (Wildman–Crippen MR) is 161 cm³/mol. The Hall–Kier alpha value is -6.69. The van der Waals surface area contributed by atoms with Gasteiger partial charge in [0, 0.05) is 41.0 Å². The zero-order valence-corrected chi connectivity index (χ0v) is 23.5. The standard InChI is InChI=1S/C34H20N2O10/c37-31(21-5-3-7-25(19-21)35(40)41)44-27-15-11-23(12-16-27)34(30-10-2-1-9-29(30)33(39)46-34)24-13-17-28(18-14-24)45-32(38)22-6-4-8-26(20-22)36(42)43/h1-20H. The van der Waals surface area contributed by atoms with Crippen molar-refractivity contribution < 1.29 is 38.4 Å². The lowest BCUT2D eigenvalue weighted by molar-refractivity contribution is -0.385. The van der Waals surface area contributed by atoms with Crippen molar-refractivity contribution in [3.8, 4) is 11.5 Å². The van der Waals surface area contributed by atoms with Crippen molar-refractivity contribution in [2.24, 2.45) is 0 Å². The molecule has 0 spiro atoms. The average molecular weight is 617 g/mol. The van der Waals surface area contributed by atoms with Crippen molar-refractivity contribution in [1.29, 1.82) is 0 Å². The van der Waals surface area contributed by atoms with Crippen molar-refractivity contribution in [2.75, 3.05) is 0 Å². The maximum Gasteiger partial charge on any atom is 0.343 e. The molecule has 0 radical (unpaired) electrons. The molecule has 12 heteroatoms. The Morgan fingerprint density at radius 2 is 1.07 bits per heavy atom. The summed E-state index contributed by atoms with van der Waals surface area (Å²) >= 11 is 0. The van der Waals surface area contributed by atoms with E-state index in [1.54, 1.807) is 48.5 Å². The van der Waals surface area contributed by atoms with E-state index in [9.17, 15) is 34.6 Å². The molecule has 5 aromatic rings. The summed E-state index contributed by atoms with van der Waals surface area (Å²) in [6.07, 6.45) is 0. The number of nitrogens with zero attached hydrogens (tertiary/aromatic N) is 2. The van der Waals surface area contributed by atoms with E-state index < -0.39 is 33.4 Å². The molecule has 0 aliphatic carbocycles. The number of rotatable bonds is 8. The summed E-state index contributed by atoms with van der Waals surface area (Å²) in [4.78, 5) is 59.4. The molecule has 0 bridgehead atoms. The van der Waals surface area contributed by atoms with Gasteiger partial charge in [0.15, 0.2) is 5.60 Å². The number of non-ortho nitro benzene ring substituents is 2. The smallest absolute Gasteiger partial charge is 0.343 e. The Morgan fingerprint density at radius 3 is 1.52 bits per heavy atom. The minimum Gasteiger partial charge on any atom is -0.441 e.